The van der Waals surface area contributed by atoms with Crippen LogP contribution in [0.25, 0.3) is 0 Å². The molecule has 0 aliphatic heterocycles. The Hall–Kier alpha value is 0. The van der Waals surface area contributed by atoms with E-state index in [-0.39, 0.29) is 0 Å². The van der Waals surface area contributed by atoms with Crippen LogP contribution in [0, 0.1) is 40.9 Å². The predicted molar refractivity (Wildman–Crippen MR) is 129 cm³/mol. The Morgan fingerprint density at radius 2 is 1.31 bits per heavy atom. The number of hydrogen-bond acceptors (Lipinski definition) is 0. The Bertz CT molecular complexity index is 437. The Kier molecular flexibility index (Phi) is 9.44. The molecule has 0 heteroatoms. The Morgan fingerprint density at radius 3 is 2.03 bits per heavy atom. The first-order valence-electron chi connectivity index (χ1n) is 14.0. The van der Waals surface area contributed by atoms with Crippen molar-refractivity contribution >= 4 is 0 Å². The summed E-state index contributed by atoms with van der Waals surface area (Å²) in [7, 11) is 0. The van der Waals surface area contributed by atoms with Crippen LogP contribution in [-0.2, 0) is 0 Å². The van der Waals surface area contributed by atoms with Crippen molar-refractivity contribution in [1.82, 2.24) is 0 Å². The third-order valence-electron chi connectivity index (χ3n) is 9.74. The summed E-state index contributed by atoms with van der Waals surface area (Å²) in [5.41, 5.74) is 0.524. The lowest BCUT2D eigenvalue weighted by Gasteiger charge is -2.40. The predicted octanol–water partition coefficient (Wildman–Crippen LogP) is 9.81. The molecular formula is C29H54. The van der Waals surface area contributed by atoms with Gasteiger partial charge in [0.2, 0.25) is 0 Å². The summed E-state index contributed by atoms with van der Waals surface area (Å²) in [6, 6.07) is 0. The summed E-state index contributed by atoms with van der Waals surface area (Å²) in [4.78, 5) is 0. The van der Waals surface area contributed by atoms with Crippen molar-refractivity contribution in [3.8, 4) is 0 Å². The fourth-order valence-electron chi connectivity index (χ4n) is 7.60. The molecule has 0 nitrogen and oxygen atoms in total. The molecule has 5 unspecified atom stereocenters. The summed E-state index contributed by atoms with van der Waals surface area (Å²) in [5.74, 6) is 6.26. The Labute approximate surface area is 184 Å². The molecule has 5 atom stereocenters. The van der Waals surface area contributed by atoms with E-state index >= 15 is 0 Å². The van der Waals surface area contributed by atoms with E-state index in [4.69, 9.17) is 0 Å². The maximum Gasteiger partial charge on any atom is -0.0354 e. The first kappa shape index (κ1) is 23.7. The van der Waals surface area contributed by atoms with Gasteiger partial charge in [-0.1, -0.05) is 111 Å². The molecular weight excluding hydrogens is 348 g/mol. The summed E-state index contributed by atoms with van der Waals surface area (Å²) in [6.07, 6.45) is 27.6. The van der Waals surface area contributed by atoms with Gasteiger partial charge >= 0.3 is 0 Å². The average Bonchev–Trinajstić information content (AvgIpc) is 2.82. The van der Waals surface area contributed by atoms with Gasteiger partial charge in [-0.3, -0.25) is 0 Å². The topological polar surface area (TPSA) is 0 Å². The molecule has 0 N–H and O–H groups in total. The van der Waals surface area contributed by atoms with Crippen molar-refractivity contribution in [3.63, 3.8) is 0 Å². The fourth-order valence-corrected chi connectivity index (χ4v) is 7.60. The van der Waals surface area contributed by atoms with Gasteiger partial charge in [0.25, 0.3) is 0 Å². The third-order valence-corrected chi connectivity index (χ3v) is 9.74. The van der Waals surface area contributed by atoms with Gasteiger partial charge in [0.05, 0.1) is 0 Å². The summed E-state index contributed by atoms with van der Waals surface area (Å²) >= 11 is 0. The second-order valence-electron chi connectivity index (χ2n) is 12.6. The van der Waals surface area contributed by atoms with E-state index in [1.54, 1.807) is 44.9 Å². The van der Waals surface area contributed by atoms with Gasteiger partial charge in [-0.15, -0.1) is 0 Å². The molecule has 0 amide bonds. The maximum absolute atomic E-state index is 2.49. The van der Waals surface area contributed by atoms with Gasteiger partial charge in [0, 0.05) is 0 Å². The van der Waals surface area contributed by atoms with Crippen LogP contribution in [0.4, 0.5) is 0 Å². The van der Waals surface area contributed by atoms with Crippen LogP contribution in [0.2, 0.25) is 0 Å². The first-order chi connectivity index (χ1) is 14.0. The van der Waals surface area contributed by atoms with Gasteiger partial charge in [-0.05, 0) is 73.0 Å². The molecule has 0 saturated heterocycles. The van der Waals surface area contributed by atoms with Gasteiger partial charge in [0.1, 0.15) is 0 Å². The second-order valence-corrected chi connectivity index (χ2v) is 12.6. The van der Waals surface area contributed by atoms with Gasteiger partial charge in [0.15, 0.2) is 0 Å². The minimum Gasteiger partial charge on any atom is -0.0651 e. The van der Waals surface area contributed by atoms with Crippen molar-refractivity contribution < 1.29 is 0 Å². The van der Waals surface area contributed by atoms with Gasteiger partial charge in [-0.2, -0.15) is 0 Å². The van der Waals surface area contributed by atoms with E-state index in [2.05, 4.69) is 27.7 Å². The van der Waals surface area contributed by atoms with Crippen molar-refractivity contribution in [2.75, 3.05) is 0 Å². The van der Waals surface area contributed by atoms with Crippen molar-refractivity contribution in [2.24, 2.45) is 40.9 Å². The van der Waals surface area contributed by atoms with E-state index in [0.717, 1.165) is 35.5 Å². The number of hydrogen-bond donors (Lipinski definition) is 0. The van der Waals surface area contributed by atoms with Crippen LogP contribution in [0.5, 0.6) is 0 Å². The Morgan fingerprint density at radius 1 is 0.621 bits per heavy atom. The fraction of sp³-hybridized carbons (Fsp3) is 1.00. The minimum absolute atomic E-state index is 0.524. The van der Waals surface area contributed by atoms with Gasteiger partial charge < -0.3 is 0 Å². The molecule has 3 aliphatic carbocycles. The monoisotopic (exact) mass is 402 g/mol. The average molecular weight is 403 g/mol. The quantitative estimate of drug-likeness (QED) is 0.429. The zero-order valence-corrected chi connectivity index (χ0v) is 20.7. The lowest BCUT2D eigenvalue weighted by atomic mass is 9.66. The lowest BCUT2D eigenvalue weighted by Crippen LogP contribution is -2.29. The molecule has 0 aromatic rings. The molecule has 3 rings (SSSR count). The lowest BCUT2D eigenvalue weighted by molar-refractivity contribution is 0.113. The van der Waals surface area contributed by atoms with E-state index in [0.29, 0.717) is 5.41 Å². The zero-order chi connectivity index (χ0) is 20.7. The van der Waals surface area contributed by atoms with Crippen molar-refractivity contribution in [1.29, 1.82) is 0 Å². The standard InChI is InChI=1S/C29H54/c1-5-23-12-9-10-17-28(25-14-7-6-8-15-25)26(20-18-23)21-19-24-13-11-16-27(22-24)29(2,3)4/h23-28H,5-22H2,1-4H3. The van der Waals surface area contributed by atoms with Crippen LogP contribution < -0.4 is 0 Å². The van der Waals surface area contributed by atoms with Crippen LogP contribution in [0.1, 0.15) is 143 Å². The molecule has 29 heavy (non-hydrogen) atoms. The summed E-state index contributed by atoms with van der Waals surface area (Å²) in [5, 5.41) is 0. The Balaban J connectivity index is 1.62. The largest absolute Gasteiger partial charge is 0.0651 e. The summed E-state index contributed by atoms with van der Waals surface area (Å²) < 4.78 is 0. The normalized spacial score (nSPS) is 36.2. The van der Waals surface area contributed by atoms with Crippen LogP contribution >= 0.6 is 0 Å². The second kappa shape index (κ2) is 11.6. The third kappa shape index (κ3) is 7.28. The highest BCUT2D eigenvalue weighted by Gasteiger charge is 2.34. The van der Waals surface area contributed by atoms with Gasteiger partial charge in [-0.25, -0.2) is 0 Å². The molecule has 3 aliphatic rings. The molecule has 0 bridgehead atoms. The van der Waals surface area contributed by atoms with Crippen molar-refractivity contribution in [3.05, 3.63) is 0 Å². The highest BCUT2D eigenvalue weighted by Crippen LogP contribution is 2.45. The van der Waals surface area contributed by atoms with E-state index in [1.807, 2.05) is 0 Å². The maximum atomic E-state index is 2.49. The summed E-state index contributed by atoms with van der Waals surface area (Å²) in [6.45, 7) is 9.91. The molecule has 0 aromatic carbocycles. The van der Waals surface area contributed by atoms with E-state index in [9.17, 15) is 0 Å². The van der Waals surface area contributed by atoms with Crippen molar-refractivity contribution in [2.45, 2.75) is 143 Å². The smallest absolute Gasteiger partial charge is 0.0354 e. The molecule has 0 aromatic heterocycles. The number of rotatable bonds is 5. The molecule has 3 saturated carbocycles. The van der Waals surface area contributed by atoms with E-state index < -0.39 is 0 Å². The molecule has 0 radical (unpaired) electrons. The van der Waals surface area contributed by atoms with E-state index in [1.165, 1.54) is 70.6 Å². The zero-order valence-electron chi connectivity index (χ0n) is 20.7. The van der Waals surface area contributed by atoms with Crippen LogP contribution in [-0.4, -0.2) is 0 Å². The highest BCUT2D eigenvalue weighted by molar-refractivity contribution is 4.85. The highest BCUT2D eigenvalue weighted by atomic mass is 14.4. The molecule has 3 fully saturated rings. The SMILES string of the molecule is CCC1CCCCC(C2CCCCC2)C(CCC2CCCC(C(C)(C)C)C2)CC1. The minimum atomic E-state index is 0.524. The molecule has 0 heterocycles. The first-order valence-corrected chi connectivity index (χ1v) is 14.0. The van der Waals surface area contributed by atoms with Crippen LogP contribution in [0.15, 0.2) is 0 Å². The van der Waals surface area contributed by atoms with Crippen LogP contribution in [0.3, 0.4) is 0 Å². The molecule has 0 spiro atoms. The molecule has 170 valence electrons.